The van der Waals surface area contributed by atoms with Crippen molar-refractivity contribution >= 4 is 39.0 Å². The second-order valence-electron chi connectivity index (χ2n) is 6.65. The summed E-state index contributed by atoms with van der Waals surface area (Å²) in [7, 11) is -2.75. The number of hydrogen-bond acceptors (Lipinski definition) is 7. The maximum atomic E-state index is 12.7. The minimum atomic E-state index is -4.09. The van der Waals surface area contributed by atoms with Gasteiger partial charge in [-0.05, 0) is 43.2 Å². The molecule has 3 aromatic rings. The van der Waals surface area contributed by atoms with Crippen molar-refractivity contribution in [1.29, 1.82) is 0 Å². The first-order chi connectivity index (χ1) is 14.7. The van der Waals surface area contributed by atoms with E-state index in [2.05, 4.69) is 14.7 Å². The minimum absolute atomic E-state index is 0.0556. The van der Waals surface area contributed by atoms with Crippen molar-refractivity contribution in [3.05, 3.63) is 64.3 Å². The van der Waals surface area contributed by atoms with Crippen LogP contribution in [0.1, 0.15) is 12.5 Å². The molecule has 0 aliphatic carbocycles. The summed E-state index contributed by atoms with van der Waals surface area (Å²) in [5.74, 6) is 0.454. The van der Waals surface area contributed by atoms with E-state index in [0.29, 0.717) is 5.75 Å². The third kappa shape index (κ3) is 5.76. The Balaban J connectivity index is 1.80. The molecule has 1 aromatic heterocycles. The molecular weight excluding hydrogens is 463 g/mol. The standard InChI is InChI=1S/C20H20Cl2N4O4S/c1-12(23)10-13-6-8-14(9-7-13)30-17-11-24-19(20(25-17)29-2)26-31(27,28)16-5-3-4-15(21)18(16)22/h3-9,11-12H,10,23H2,1-2H3,(H,24,26). The Morgan fingerprint density at radius 1 is 1.16 bits per heavy atom. The number of nitrogens with one attached hydrogen (secondary N) is 1. The highest BCUT2D eigenvalue weighted by atomic mass is 35.5. The lowest BCUT2D eigenvalue weighted by molar-refractivity contribution is 0.382. The summed E-state index contributed by atoms with van der Waals surface area (Å²) in [6.45, 7) is 1.93. The molecular formula is C20H20Cl2N4O4S. The van der Waals surface area contributed by atoms with Crippen LogP contribution in [-0.4, -0.2) is 31.5 Å². The number of anilines is 1. The Morgan fingerprint density at radius 3 is 2.52 bits per heavy atom. The Kier molecular flexibility index (Phi) is 7.22. The molecule has 8 nitrogen and oxygen atoms in total. The van der Waals surface area contributed by atoms with Gasteiger partial charge in [-0.2, -0.15) is 4.98 Å². The fourth-order valence-corrected chi connectivity index (χ4v) is 4.45. The van der Waals surface area contributed by atoms with Crippen LogP contribution in [0.3, 0.4) is 0 Å². The molecule has 11 heteroatoms. The number of rotatable bonds is 8. The fourth-order valence-electron chi connectivity index (χ4n) is 2.68. The zero-order valence-corrected chi connectivity index (χ0v) is 19.0. The number of methoxy groups -OCH3 is 1. The number of halogens is 2. The van der Waals surface area contributed by atoms with Crippen molar-refractivity contribution in [3.63, 3.8) is 0 Å². The number of sulfonamides is 1. The van der Waals surface area contributed by atoms with Crippen LogP contribution in [0.15, 0.2) is 53.6 Å². The SMILES string of the molecule is COc1nc(Oc2ccc(CC(C)N)cc2)cnc1NS(=O)(=O)c1cccc(Cl)c1Cl. The lowest BCUT2D eigenvalue weighted by Crippen LogP contribution is -2.17. The lowest BCUT2D eigenvalue weighted by Gasteiger charge is -2.13. The predicted molar refractivity (Wildman–Crippen MR) is 120 cm³/mol. The molecule has 0 fully saturated rings. The number of benzene rings is 2. The van der Waals surface area contributed by atoms with Gasteiger partial charge in [-0.3, -0.25) is 4.72 Å². The number of aromatic nitrogens is 2. The van der Waals surface area contributed by atoms with Crippen molar-refractivity contribution in [1.82, 2.24) is 9.97 Å². The highest BCUT2D eigenvalue weighted by molar-refractivity contribution is 7.92. The second kappa shape index (κ2) is 9.69. The summed E-state index contributed by atoms with van der Waals surface area (Å²) >= 11 is 11.9. The smallest absolute Gasteiger partial charge is 0.264 e. The van der Waals surface area contributed by atoms with E-state index in [4.69, 9.17) is 38.4 Å². The lowest BCUT2D eigenvalue weighted by atomic mass is 10.1. The van der Waals surface area contributed by atoms with E-state index in [0.717, 1.165) is 12.0 Å². The van der Waals surface area contributed by atoms with E-state index in [9.17, 15) is 8.42 Å². The Labute approximate surface area is 190 Å². The molecule has 1 atom stereocenters. The molecule has 0 amide bonds. The Hall–Kier alpha value is -2.59. The molecule has 0 bridgehead atoms. The molecule has 1 heterocycles. The van der Waals surface area contributed by atoms with Crippen LogP contribution >= 0.6 is 23.2 Å². The molecule has 0 radical (unpaired) electrons. The van der Waals surface area contributed by atoms with E-state index in [1.165, 1.54) is 31.5 Å². The van der Waals surface area contributed by atoms with Gasteiger partial charge in [0.1, 0.15) is 10.6 Å². The molecule has 3 N–H and O–H groups in total. The quantitative estimate of drug-likeness (QED) is 0.491. The molecule has 0 saturated carbocycles. The highest BCUT2D eigenvalue weighted by Crippen LogP contribution is 2.32. The highest BCUT2D eigenvalue weighted by Gasteiger charge is 2.23. The summed E-state index contributed by atoms with van der Waals surface area (Å²) in [4.78, 5) is 8.04. The summed E-state index contributed by atoms with van der Waals surface area (Å²) < 4.78 is 38.6. The van der Waals surface area contributed by atoms with E-state index >= 15 is 0 Å². The van der Waals surface area contributed by atoms with Gasteiger partial charge in [0.25, 0.3) is 15.9 Å². The Bertz CT molecular complexity index is 1170. The third-order valence-electron chi connectivity index (χ3n) is 4.05. The maximum Gasteiger partial charge on any atom is 0.264 e. The van der Waals surface area contributed by atoms with Gasteiger partial charge in [0.2, 0.25) is 11.7 Å². The van der Waals surface area contributed by atoms with Crippen LogP contribution in [0, 0.1) is 0 Å². The van der Waals surface area contributed by atoms with Crippen LogP contribution in [0.5, 0.6) is 17.5 Å². The zero-order chi connectivity index (χ0) is 22.6. The van der Waals surface area contributed by atoms with Crippen LogP contribution in [0.2, 0.25) is 10.0 Å². The van der Waals surface area contributed by atoms with Gasteiger partial charge in [-0.1, -0.05) is 41.4 Å². The molecule has 164 valence electrons. The minimum Gasteiger partial charge on any atom is -0.478 e. The van der Waals surface area contributed by atoms with Gasteiger partial charge < -0.3 is 15.2 Å². The monoisotopic (exact) mass is 482 g/mol. The van der Waals surface area contributed by atoms with Crippen molar-refractivity contribution in [3.8, 4) is 17.5 Å². The summed E-state index contributed by atoms with van der Waals surface area (Å²) in [5, 5.41) is 0.00861. The normalized spacial score (nSPS) is 12.3. The largest absolute Gasteiger partial charge is 0.478 e. The number of ether oxygens (including phenoxy) is 2. The molecule has 3 rings (SSSR count). The molecule has 2 aromatic carbocycles. The average Bonchev–Trinajstić information content (AvgIpc) is 2.72. The van der Waals surface area contributed by atoms with E-state index in [1.54, 1.807) is 12.1 Å². The van der Waals surface area contributed by atoms with Crippen LogP contribution in [0.4, 0.5) is 5.82 Å². The zero-order valence-electron chi connectivity index (χ0n) is 16.7. The van der Waals surface area contributed by atoms with Crippen molar-refractivity contribution in [2.45, 2.75) is 24.3 Å². The van der Waals surface area contributed by atoms with Crippen molar-refractivity contribution in [2.75, 3.05) is 11.8 Å². The number of hydrogen-bond donors (Lipinski definition) is 2. The summed E-state index contributed by atoms with van der Waals surface area (Å²) in [6.07, 6.45) is 2.02. The number of nitrogens with two attached hydrogens (primary N) is 1. The van der Waals surface area contributed by atoms with E-state index in [1.807, 2.05) is 19.1 Å². The van der Waals surface area contributed by atoms with E-state index < -0.39 is 10.0 Å². The van der Waals surface area contributed by atoms with Crippen molar-refractivity contribution in [2.24, 2.45) is 5.73 Å². The topological polar surface area (TPSA) is 116 Å². The molecule has 0 saturated heterocycles. The second-order valence-corrected chi connectivity index (χ2v) is 9.09. The van der Waals surface area contributed by atoms with Crippen LogP contribution in [0.25, 0.3) is 0 Å². The van der Waals surface area contributed by atoms with Gasteiger partial charge in [-0.25, -0.2) is 13.4 Å². The summed E-state index contributed by atoms with van der Waals surface area (Å²) in [6, 6.07) is 11.7. The van der Waals surface area contributed by atoms with Crippen LogP contribution < -0.4 is 19.9 Å². The first kappa shape index (κ1) is 23.1. The Morgan fingerprint density at radius 2 is 1.87 bits per heavy atom. The molecule has 0 spiro atoms. The van der Waals surface area contributed by atoms with Gasteiger partial charge in [0.15, 0.2) is 0 Å². The summed E-state index contributed by atoms with van der Waals surface area (Å²) in [5.41, 5.74) is 6.88. The third-order valence-corrected chi connectivity index (χ3v) is 6.36. The fraction of sp³-hybridized carbons (Fsp3) is 0.200. The molecule has 1 unspecified atom stereocenters. The van der Waals surface area contributed by atoms with Gasteiger partial charge >= 0.3 is 0 Å². The van der Waals surface area contributed by atoms with E-state index in [-0.39, 0.29) is 38.6 Å². The first-order valence-electron chi connectivity index (χ1n) is 9.10. The van der Waals surface area contributed by atoms with Gasteiger partial charge in [-0.15, -0.1) is 0 Å². The maximum absolute atomic E-state index is 12.7. The molecule has 0 aliphatic rings. The van der Waals surface area contributed by atoms with Crippen LogP contribution in [-0.2, 0) is 16.4 Å². The van der Waals surface area contributed by atoms with Gasteiger partial charge in [0.05, 0.1) is 23.4 Å². The van der Waals surface area contributed by atoms with Crippen molar-refractivity contribution < 1.29 is 17.9 Å². The average molecular weight is 483 g/mol. The molecule has 31 heavy (non-hydrogen) atoms. The first-order valence-corrected chi connectivity index (χ1v) is 11.3. The predicted octanol–water partition coefficient (Wildman–Crippen LogP) is 4.27. The van der Waals surface area contributed by atoms with Gasteiger partial charge in [0, 0.05) is 6.04 Å². The molecule has 0 aliphatic heterocycles. The number of nitrogens with zero attached hydrogens (tertiary/aromatic N) is 2.